The standard InChI is InChI=1S/C14H23N3O2S/c1-13(2)12(14(13,3)4)17-11-8-9(6-7-10(11)15)20(18,19)16-5/h6-8,12,16-17H,15H2,1-5H3. The van der Waals surface area contributed by atoms with Gasteiger partial charge in [0.1, 0.15) is 0 Å². The second kappa shape index (κ2) is 4.36. The van der Waals surface area contributed by atoms with Gasteiger partial charge < -0.3 is 11.1 Å². The van der Waals surface area contributed by atoms with Crippen molar-refractivity contribution in [3.8, 4) is 0 Å². The number of nitrogens with one attached hydrogen (secondary N) is 2. The highest BCUT2D eigenvalue weighted by atomic mass is 32.2. The van der Waals surface area contributed by atoms with Crippen LogP contribution in [-0.4, -0.2) is 21.5 Å². The van der Waals surface area contributed by atoms with Crippen molar-refractivity contribution in [1.29, 1.82) is 0 Å². The molecule has 6 heteroatoms. The fourth-order valence-electron chi connectivity index (χ4n) is 2.66. The predicted octanol–water partition coefficient (Wildman–Crippen LogP) is 2.02. The maximum atomic E-state index is 11.8. The van der Waals surface area contributed by atoms with Crippen LogP contribution in [-0.2, 0) is 10.0 Å². The number of hydrogen-bond donors (Lipinski definition) is 3. The van der Waals surface area contributed by atoms with Gasteiger partial charge in [-0.25, -0.2) is 13.1 Å². The molecule has 1 aliphatic carbocycles. The van der Waals surface area contributed by atoms with Gasteiger partial charge in [0.2, 0.25) is 10.0 Å². The highest BCUT2D eigenvalue weighted by Crippen LogP contribution is 2.63. The number of rotatable bonds is 4. The highest BCUT2D eigenvalue weighted by molar-refractivity contribution is 7.89. The van der Waals surface area contributed by atoms with E-state index in [1.807, 2.05) is 0 Å². The van der Waals surface area contributed by atoms with Crippen molar-refractivity contribution < 1.29 is 8.42 Å². The molecular formula is C14H23N3O2S. The smallest absolute Gasteiger partial charge is 0.240 e. The van der Waals surface area contributed by atoms with Crippen LogP contribution in [0.4, 0.5) is 11.4 Å². The molecule has 0 atom stereocenters. The van der Waals surface area contributed by atoms with E-state index in [1.165, 1.54) is 13.1 Å². The van der Waals surface area contributed by atoms with E-state index in [0.29, 0.717) is 11.4 Å². The van der Waals surface area contributed by atoms with Crippen molar-refractivity contribution in [1.82, 2.24) is 4.72 Å². The summed E-state index contributed by atoms with van der Waals surface area (Å²) in [4.78, 5) is 0.216. The minimum atomic E-state index is -3.46. The topological polar surface area (TPSA) is 84.2 Å². The first kappa shape index (κ1) is 15.1. The first-order valence-corrected chi connectivity index (χ1v) is 8.12. The zero-order chi connectivity index (χ0) is 15.3. The summed E-state index contributed by atoms with van der Waals surface area (Å²) < 4.78 is 26.0. The number of nitrogen functional groups attached to an aromatic ring is 1. The Morgan fingerprint density at radius 2 is 1.70 bits per heavy atom. The SMILES string of the molecule is CNS(=O)(=O)c1ccc(N)c(NC2C(C)(C)C2(C)C)c1. The zero-order valence-electron chi connectivity index (χ0n) is 12.6. The van der Waals surface area contributed by atoms with Gasteiger partial charge in [-0.2, -0.15) is 0 Å². The van der Waals surface area contributed by atoms with Gasteiger partial charge in [-0.1, -0.05) is 27.7 Å². The first-order chi connectivity index (χ1) is 9.04. The average molecular weight is 297 g/mol. The summed E-state index contributed by atoms with van der Waals surface area (Å²) in [6, 6.07) is 4.99. The van der Waals surface area contributed by atoms with Crippen molar-refractivity contribution >= 4 is 21.4 Å². The maximum absolute atomic E-state index is 11.8. The third kappa shape index (κ3) is 2.16. The Morgan fingerprint density at radius 1 is 1.15 bits per heavy atom. The third-order valence-electron chi connectivity index (χ3n) is 4.92. The van der Waals surface area contributed by atoms with Gasteiger partial charge in [0.15, 0.2) is 0 Å². The third-order valence-corrected chi connectivity index (χ3v) is 6.34. The van der Waals surface area contributed by atoms with Crippen LogP contribution in [0.2, 0.25) is 0 Å². The number of sulfonamides is 1. The summed E-state index contributed by atoms with van der Waals surface area (Å²) in [5.41, 5.74) is 7.48. The van der Waals surface area contributed by atoms with E-state index in [-0.39, 0.29) is 21.8 Å². The Kier molecular flexibility index (Phi) is 3.30. The van der Waals surface area contributed by atoms with Crippen molar-refractivity contribution in [2.45, 2.75) is 38.6 Å². The van der Waals surface area contributed by atoms with E-state index in [0.717, 1.165) is 0 Å². The molecule has 4 N–H and O–H groups in total. The Balaban J connectivity index is 2.33. The lowest BCUT2D eigenvalue weighted by molar-refractivity contribution is 0.457. The lowest BCUT2D eigenvalue weighted by atomic mass is 10.0. The molecule has 0 spiro atoms. The molecule has 1 aromatic rings. The van der Waals surface area contributed by atoms with Crippen LogP contribution >= 0.6 is 0 Å². The summed E-state index contributed by atoms with van der Waals surface area (Å²) >= 11 is 0. The quantitative estimate of drug-likeness (QED) is 0.742. The van der Waals surface area contributed by atoms with E-state index < -0.39 is 10.0 Å². The van der Waals surface area contributed by atoms with E-state index in [1.54, 1.807) is 12.1 Å². The van der Waals surface area contributed by atoms with Gasteiger partial charge >= 0.3 is 0 Å². The molecule has 0 bridgehead atoms. The molecule has 112 valence electrons. The van der Waals surface area contributed by atoms with Gasteiger partial charge in [0.25, 0.3) is 0 Å². The number of benzene rings is 1. The van der Waals surface area contributed by atoms with Crippen LogP contribution in [0, 0.1) is 10.8 Å². The van der Waals surface area contributed by atoms with Gasteiger partial charge in [0.05, 0.1) is 16.3 Å². The molecule has 1 aliphatic rings. The molecule has 1 saturated carbocycles. The summed E-state index contributed by atoms with van der Waals surface area (Å²) in [5.74, 6) is 0. The highest BCUT2D eigenvalue weighted by Gasteiger charge is 2.65. The Bertz CT molecular complexity index is 622. The molecule has 1 fully saturated rings. The molecule has 0 aliphatic heterocycles. The number of hydrogen-bond acceptors (Lipinski definition) is 4. The monoisotopic (exact) mass is 297 g/mol. The van der Waals surface area contributed by atoms with Crippen LogP contribution in [0.1, 0.15) is 27.7 Å². The number of nitrogens with two attached hydrogens (primary N) is 1. The second-order valence-electron chi connectivity index (χ2n) is 6.48. The molecule has 0 aromatic heterocycles. The molecule has 0 unspecified atom stereocenters. The van der Waals surface area contributed by atoms with Gasteiger partial charge in [-0.3, -0.25) is 0 Å². The lowest BCUT2D eigenvalue weighted by Gasteiger charge is -2.13. The largest absolute Gasteiger partial charge is 0.397 e. The lowest BCUT2D eigenvalue weighted by Crippen LogP contribution is -2.19. The Morgan fingerprint density at radius 3 is 2.15 bits per heavy atom. The fourth-order valence-corrected chi connectivity index (χ4v) is 3.41. The molecule has 1 aromatic carbocycles. The summed E-state index contributed by atoms with van der Waals surface area (Å²) in [6.45, 7) is 8.76. The normalized spacial score (nSPS) is 20.6. The van der Waals surface area contributed by atoms with Crippen LogP contribution < -0.4 is 15.8 Å². The molecular weight excluding hydrogens is 274 g/mol. The predicted molar refractivity (Wildman–Crippen MR) is 82.1 cm³/mol. The summed E-state index contributed by atoms with van der Waals surface area (Å²) in [7, 11) is -2.06. The van der Waals surface area contributed by atoms with E-state index >= 15 is 0 Å². The van der Waals surface area contributed by atoms with Crippen molar-refractivity contribution in [2.24, 2.45) is 10.8 Å². The van der Waals surface area contributed by atoms with E-state index in [2.05, 4.69) is 37.7 Å². The van der Waals surface area contributed by atoms with E-state index in [9.17, 15) is 8.42 Å². The van der Waals surface area contributed by atoms with Crippen LogP contribution in [0.15, 0.2) is 23.1 Å². The Labute approximate surface area is 121 Å². The molecule has 0 saturated heterocycles. The van der Waals surface area contributed by atoms with Gasteiger partial charge in [-0.15, -0.1) is 0 Å². The number of anilines is 2. The van der Waals surface area contributed by atoms with Gasteiger partial charge in [-0.05, 0) is 36.1 Å². The van der Waals surface area contributed by atoms with Crippen molar-refractivity contribution in [3.05, 3.63) is 18.2 Å². The average Bonchev–Trinajstić information content (AvgIpc) is 2.74. The van der Waals surface area contributed by atoms with E-state index in [4.69, 9.17) is 5.73 Å². The molecule has 0 heterocycles. The molecule has 0 amide bonds. The molecule has 20 heavy (non-hydrogen) atoms. The summed E-state index contributed by atoms with van der Waals surface area (Å²) in [6.07, 6.45) is 0. The molecule has 2 rings (SSSR count). The fraction of sp³-hybridized carbons (Fsp3) is 0.571. The summed E-state index contributed by atoms with van der Waals surface area (Å²) in [5, 5.41) is 3.38. The second-order valence-corrected chi connectivity index (χ2v) is 8.36. The maximum Gasteiger partial charge on any atom is 0.240 e. The minimum Gasteiger partial charge on any atom is -0.397 e. The van der Waals surface area contributed by atoms with Gasteiger partial charge in [0, 0.05) is 6.04 Å². The zero-order valence-corrected chi connectivity index (χ0v) is 13.4. The van der Waals surface area contributed by atoms with Crippen LogP contribution in [0.3, 0.4) is 0 Å². The molecule has 0 radical (unpaired) electrons. The Hall–Kier alpha value is -1.27. The van der Waals surface area contributed by atoms with Crippen molar-refractivity contribution in [2.75, 3.05) is 18.1 Å². The van der Waals surface area contributed by atoms with Crippen molar-refractivity contribution in [3.63, 3.8) is 0 Å². The first-order valence-electron chi connectivity index (χ1n) is 6.63. The van der Waals surface area contributed by atoms with Crippen LogP contribution in [0.25, 0.3) is 0 Å². The van der Waals surface area contributed by atoms with Crippen LogP contribution in [0.5, 0.6) is 0 Å². The minimum absolute atomic E-state index is 0.150. The molecule has 5 nitrogen and oxygen atoms in total.